The molecule has 4 heteroatoms. The molecule has 1 aromatic heterocycles. The molecule has 1 fully saturated rings. The average Bonchev–Trinajstić information content (AvgIpc) is 2.58. The van der Waals surface area contributed by atoms with Crippen LogP contribution in [0.4, 0.5) is 0 Å². The lowest BCUT2D eigenvalue weighted by Gasteiger charge is -2.03. The van der Waals surface area contributed by atoms with Gasteiger partial charge in [0.2, 0.25) is 0 Å². The molecule has 0 bridgehead atoms. The van der Waals surface area contributed by atoms with Gasteiger partial charge in [0.25, 0.3) is 5.91 Å². The monoisotopic (exact) mass is 180 g/mol. The lowest BCUT2D eigenvalue weighted by molar-refractivity contribution is 0.0941. The predicted octanol–water partition coefficient (Wildman–Crippen LogP) is 1.20. The second-order valence-corrected chi connectivity index (χ2v) is 4.09. The Balaban J connectivity index is 1.94. The van der Waals surface area contributed by atoms with E-state index in [2.05, 4.69) is 24.1 Å². The molecule has 1 heterocycles. The minimum Gasteiger partial charge on any atom is -0.451 e. The van der Waals surface area contributed by atoms with E-state index < -0.39 is 0 Å². The van der Waals surface area contributed by atoms with E-state index in [-0.39, 0.29) is 17.4 Å². The molecular formula is C9H12N2O2. The van der Waals surface area contributed by atoms with Gasteiger partial charge in [-0.3, -0.25) is 4.79 Å². The van der Waals surface area contributed by atoms with Crippen molar-refractivity contribution in [3.05, 3.63) is 18.4 Å². The molecule has 1 aromatic rings. The van der Waals surface area contributed by atoms with E-state index in [9.17, 15) is 4.79 Å². The fraction of sp³-hybridized carbons (Fsp3) is 0.556. The molecule has 0 radical (unpaired) electrons. The Kier molecular flexibility index (Phi) is 1.65. The Morgan fingerprint density at radius 3 is 2.92 bits per heavy atom. The number of carbonyl (C=O) groups excluding carboxylic acids is 1. The lowest BCUT2D eigenvalue weighted by Crippen LogP contribution is -2.28. The van der Waals surface area contributed by atoms with Gasteiger partial charge in [-0.2, -0.15) is 0 Å². The van der Waals surface area contributed by atoms with E-state index in [1.165, 1.54) is 12.7 Å². The number of amides is 1. The third kappa shape index (κ3) is 1.56. The fourth-order valence-electron chi connectivity index (χ4n) is 1.27. The highest BCUT2D eigenvalue weighted by atomic mass is 16.3. The van der Waals surface area contributed by atoms with Crippen molar-refractivity contribution >= 4 is 5.91 Å². The first-order chi connectivity index (χ1) is 6.09. The predicted molar refractivity (Wildman–Crippen MR) is 46.2 cm³/mol. The summed E-state index contributed by atoms with van der Waals surface area (Å²) in [6.07, 6.45) is 3.65. The number of aromatic nitrogens is 1. The highest BCUT2D eigenvalue weighted by Gasteiger charge is 2.46. The van der Waals surface area contributed by atoms with Gasteiger partial charge >= 0.3 is 0 Å². The van der Waals surface area contributed by atoms with Crippen LogP contribution in [0.3, 0.4) is 0 Å². The number of nitrogens with zero attached hydrogens (tertiary/aromatic N) is 1. The molecule has 1 saturated carbocycles. The molecule has 0 spiro atoms. The van der Waals surface area contributed by atoms with Gasteiger partial charge in [-0.1, -0.05) is 13.8 Å². The summed E-state index contributed by atoms with van der Waals surface area (Å²) in [6, 6.07) is 0.289. The van der Waals surface area contributed by atoms with Crippen LogP contribution in [0.2, 0.25) is 0 Å². The maximum atomic E-state index is 11.4. The van der Waals surface area contributed by atoms with Crippen molar-refractivity contribution in [3.8, 4) is 0 Å². The first-order valence-corrected chi connectivity index (χ1v) is 4.29. The number of hydrogen-bond acceptors (Lipinski definition) is 3. The average molecular weight is 180 g/mol. The fourth-order valence-corrected chi connectivity index (χ4v) is 1.27. The van der Waals surface area contributed by atoms with Crippen LogP contribution in [0.25, 0.3) is 0 Å². The first kappa shape index (κ1) is 8.29. The zero-order chi connectivity index (χ0) is 9.47. The number of nitrogens with one attached hydrogen (secondary N) is 1. The first-order valence-electron chi connectivity index (χ1n) is 4.29. The summed E-state index contributed by atoms with van der Waals surface area (Å²) in [6.45, 7) is 4.25. The summed E-state index contributed by atoms with van der Waals surface area (Å²) < 4.78 is 4.72. The Morgan fingerprint density at radius 1 is 1.77 bits per heavy atom. The van der Waals surface area contributed by atoms with Gasteiger partial charge in [0.05, 0.1) is 0 Å². The van der Waals surface area contributed by atoms with E-state index in [4.69, 9.17) is 4.42 Å². The van der Waals surface area contributed by atoms with E-state index in [1.807, 2.05) is 0 Å². The largest absolute Gasteiger partial charge is 0.451 e. The normalized spacial score (nSPS) is 24.0. The molecule has 0 aromatic carbocycles. The standard InChI is InChI=1S/C9H12N2O2/c1-9(2)3-7(9)11-8(12)6-4-13-5-10-6/h4-5,7H,3H2,1-2H3,(H,11,12). The Hall–Kier alpha value is -1.32. The van der Waals surface area contributed by atoms with Gasteiger partial charge in [-0.05, 0) is 11.8 Å². The molecule has 70 valence electrons. The maximum absolute atomic E-state index is 11.4. The van der Waals surface area contributed by atoms with Crippen molar-refractivity contribution in [2.24, 2.45) is 5.41 Å². The third-order valence-corrected chi connectivity index (χ3v) is 2.48. The number of oxazole rings is 1. The smallest absolute Gasteiger partial charge is 0.273 e. The molecule has 1 atom stereocenters. The van der Waals surface area contributed by atoms with E-state index >= 15 is 0 Å². The van der Waals surface area contributed by atoms with Crippen molar-refractivity contribution in [1.29, 1.82) is 0 Å². The second-order valence-electron chi connectivity index (χ2n) is 4.09. The van der Waals surface area contributed by atoms with E-state index in [0.717, 1.165) is 6.42 Å². The van der Waals surface area contributed by atoms with Crippen LogP contribution in [0.5, 0.6) is 0 Å². The molecule has 1 N–H and O–H groups in total. The van der Waals surface area contributed by atoms with Crippen molar-refractivity contribution < 1.29 is 9.21 Å². The molecule has 1 aliphatic rings. The number of hydrogen-bond donors (Lipinski definition) is 1. The van der Waals surface area contributed by atoms with Gasteiger partial charge in [0, 0.05) is 6.04 Å². The van der Waals surface area contributed by atoms with Crippen LogP contribution in [-0.4, -0.2) is 16.9 Å². The van der Waals surface area contributed by atoms with Crippen molar-refractivity contribution in [2.75, 3.05) is 0 Å². The molecule has 0 saturated heterocycles. The van der Waals surface area contributed by atoms with Crippen molar-refractivity contribution in [3.63, 3.8) is 0 Å². The molecule has 0 aliphatic heterocycles. The van der Waals surface area contributed by atoms with Crippen LogP contribution in [0, 0.1) is 5.41 Å². The summed E-state index contributed by atoms with van der Waals surface area (Å²) >= 11 is 0. The molecule has 13 heavy (non-hydrogen) atoms. The van der Waals surface area contributed by atoms with Crippen molar-refractivity contribution in [2.45, 2.75) is 26.3 Å². The van der Waals surface area contributed by atoms with Gasteiger partial charge in [-0.15, -0.1) is 0 Å². The minimum absolute atomic E-state index is 0.149. The van der Waals surface area contributed by atoms with Gasteiger partial charge in [-0.25, -0.2) is 4.98 Å². The van der Waals surface area contributed by atoms with Gasteiger partial charge < -0.3 is 9.73 Å². The molecule has 1 amide bonds. The Morgan fingerprint density at radius 2 is 2.46 bits per heavy atom. The summed E-state index contributed by atoms with van der Waals surface area (Å²) in [5.74, 6) is -0.149. The zero-order valence-corrected chi connectivity index (χ0v) is 7.70. The second kappa shape index (κ2) is 2.58. The molecular weight excluding hydrogens is 168 g/mol. The van der Waals surface area contributed by atoms with Crippen LogP contribution in [0.1, 0.15) is 30.8 Å². The van der Waals surface area contributed by atoms with Crippen LogP contribution in [-0.2, 0) is 0 Å². The molecule has 4 nitrogen and oxygen atoms in total. The molecule has 2 rings (SSSR count). The Labute approximate surface area is 76.3 Å². The quantitative estimate of drug-likeness (QED) is 0.744. The summed E-state index contributed by atoms with van der Waals surface area (Å²) in [5.41, 5.74) is 0.599. The van der Waals surface area contributed by atoms with E-state index in [0.29, 0.717) is 5.69 Å². The lowest BCUT2D eigenvalue weighted by atomic mass is 10.2. The van der Waals surface area contributed by atoms with Crippen LogP contribution in [0.15, 0.2) is 17.1 Å². The summed E-state index contributed by atoms with van der Waals surface area (Å²) in [5, 5.41) is 2.89. The summed E-state index contributed by atoms with van der Waals surface area (Å²) in [4.78, 5) is 15.2. The summed E-state index contributed by atoms with van der Waals surface area (Å²) in [7, 11) is 0. The SMILES string of the molecule is CC1(C)CC1NC(=O)c1cocn1. The van der Waals surface area contributed by atoms with Gasteiger partial charge in [0.15, 0.2) is 12.1 Å². The third-order valence-electron chi connectivity index (χ3n) is 2.48. The molecule has 1 unspecified atom stereocenters. The minimum atomic E-state index is -0.149. The highest BCUT2D eigenvalue weighted by Crippen LogP contribution is 2.44. The van der Waals surface area contributed by atoms with Gasteiger partial charge in [0.1, 0.15) is 6.26 Å². The van der Waals surface area contributed by atoms with Crippen LogP contribution >= 0.6 is 0 Å². The number of rotatable bonds is 2. The molecule has 1 aliphatic carbocycles. The highest BCUT2D eigenvalue weighted by molar-refractivity contribution is 5.92. The maximum Gasteiger partial charge on any atom is 0.273 e. The zero-order valence-electron chi connectivity index (χ0n) is 7.70. The number of carbonyl (C=O) groups is 1. The van der Waals surface area contributed by atoms with Crippen molar-refractivity contribution in [1.82, 2.24) is 10.3 Å². The van der Waals surface area contributed by atoms with Crippen LogP contribution < -0.4 is 5.32 Å². The van der Waals surface area contributed by atoms with E-state index in [1.54, 1.807) is 0 Å². The topological polar surface area (TPSA) is 55.1 Å². The Bertz CT molecular complexity index is 316.